The van der Waals surface area contributed by atoms with Crippen LogP contribution in [0.1, 0.15) is 31.9 Å². The molecule has 144 valence electrons. The van der Waals surface area contributed by atoms with Gasteiger partial charge in [0, 0.05) is 18.0 Å². The molecule has 0 radical (unpaired) electrons. The Morgan fingerprint density at radius 2 is 2.00 bits per heavy atom. The van der Waals surface area contributed by atoms with Gasteiger partial charge in [-0.25, -0.2) is 4.79 Å². The molecule has 1 aliphatic heterocycles. The second-order valence-electron chi connectivity index (χ2n) is 6.62. The van der Waals surface area contributed by atoms with Crippen LogP contribution in [-0.4, -0.2) is 44.1 Å². The zero-order valence-corrected chi connectivity index (χ0v) is 16.9. The molecule has 1 aromatic carbocycles. The smallest absolute Gasteiger partial charge is 0.341 e. The Balaban J connectivity index is 1.68. The summed E-state index contributed by atoms with van der Waals surface area (Å²) in [6.45, 7) is 5.58. The van der Waals surface area contributed by atoms with Crippen LogP contribution in [0.2, 0.25) is 0 Å². The molecule has 0 fully saturated rings. The van der Waals surface area contributed by atoms with Crippen LogP contribution >= 0.6 is 11.3 Å². The van der Waals surface area contributed by atoms with Crippen LogP contribution in [0.15, 0.2) is 18.2 Å². The summed E-state index contributed by atoms with van der Waals surface area (Å²) in [7, 11) is 3.00. The summed E-state index contributed by atoms with van der Waals surface area (Å²) in [5, 5.41) is 3.45. The number of esters is 1. The van der Waals surface area contributed by atoms with Gasteiger partial charge in [-0.1, -0.05) is 6.07 Å². The minimum Gasteiger partial charge on any atom is -0.497 e. The predicted molar refractivity (Wildman–Crippen MR) is 106 cm³/mol. The van der Waals surface area contributed by atoms with Crippen molar-refractivity contribution in [1.29, 1.82) is 0 Å². The molecule has 1 aliphatic rings. The summed E-state index contributed by atoms with van der Waals surface area (Å²) in [4.78, 5) is 27.7. The fraction of sp³-hybridized carbons (Fsp3) is 0.400. The Labute approximate surface area is 163 Å². The van der Waals surface area contributed by atoms with E-state index < -0.39 is 5.97 Å². The average Bonchev–Trinajstić information content (AvgIpc) is 2.93. The van der Waals surface area contributed by atoms with Gasteiger partial charge in [-0.15, -0.1) is 11.3 Å². The monoisotopic (exact) mass is 388 g/mol. The lowest BCUT2D eigenvalue weighted by molar-refractivity contribution is -0.117. The quantitative estimate of drug-likeness (QED) is 0.797. The Hall–Kier alpha value is -2.38. The number of nitrogens with one attached hydrogen (secondary N) is 1. The van der Waals surface area contributed by atoms with Crippen molar-refractivity contribution in [1.82, 2.24) is 4.90 Å². The number of nitrogens with zero attached hydrogens (tertiary/aromatic N) is 1. The highest BCUT2D eigenvalue weighted by Gasteiger charge is 2.23. The number of thiophene rings is 1. The highest BCUT2D eigenvalue weighted by Crippen LogP contribution is 2.33. The van der Waals surface area contributed by atoms with E-state index in [1.807, 2.05) is 26.0 Å². The average molecular weight is 388 g/mol. The van der Waals surface area contributed by atoms with Crippen LogP contribution in [0.5, 0.6) is 5.75 Å². The van der Waals surface area contributed by atoms with Gasteiger partial charge in [-0.05, 0) is 49.1 Å². The molecule has 3 rings (SSSR count). The Morgan fingerprint density at radius 3 is 2.70 bits per heavy atom. The number of ether oxygens (including phenoxy) is 2. The van der Waals surface area contributed by atoms with E-state index in [1.165, 1.54) is 29.6 Å². The van der Waals surface area contributed by atoms with E-state index in [0.717, 1.165) is 29.2 Å². The number of anilines is 1. The summed E-state index contributed by atoms with van der Waals surface area (Å²) in [5.41, 5.74) is 3.78. The number of carbonyl (C=O) groups is 2. The van der Waals surface area contributed by atoms with Crippen LogP contribution < -0.4 is 10.1 Å². The van der Waals surface area contributed by atoms with Crippen molar-refractivity contribution in [3.05, 3.63) is 45.3 Å². The van der Waals surface area contributed by atoms with Crippen LogP contribution in [0.4, 0.5) is 5.00 Å². The second kappa shape index (κ2) is 8.10. The maximum absolute atomic E-state index is 12.6. The van der Waals surface area contributed by atoms with Crippen molar-refractivity contribution in [2.24, 2.45) is 0 Å². The molecule has 27 heavy (non-hydrogen) atoms. The topological polar surface area (TPSA) is 67.9 Å². The lowest BCUT2D eigenvalue weighted by Crippen LogP contribution is -2.37. The van der Waals surface area contributed by atoms with Crippen molar-refractivity contribution in [2.75, 3.05) is 32.6 Å². The van der Waals surface area contributed by atoms with Crippen molar-refractivity contribution in [3.63, 3.8) is 0 Å². The maximum atomic E-state index is 12.6. The van der Waals surface area contributed by atoms with E-state index >= 15 is 0 Å². The van der Waals surface area contributed by atoms with Gasteiger partial charge in [0.25, 0.3) is 0 Å². The molecule has 0 unspecified atom stereocenters. The van der Waals surface area contributed by atoms with Crippen molar-refractivity contribution in [3.8, 4) is 5.75 Å². The highest BCUT2D eigenvalue weighted by molar-refractivity contribution is 7.16. The highest BCUT2D eigenvalue weighted by atomic mass is 32.1. The fourth-order valence-electron chi connectivity index (χ4n) is 3.29. The van der Waals surface area contributed by atoms with E-state index in [4.69, 9.17) is 9.47 Å². The SMILES string of the molecule is COC(=O)c1c(NC(=O)CN2CCc3ccc(OC)cc3C2)sc(C)c1C. The van der Waals surface area contributed by atoms with E-state index in [2.05, 4.69) is 16.3 Å². The molecule has 0 saturated carbocycles. The van der Waals surface area contributed by atoms with Gasteiger partial charge in [0.05, 0.1) is 26.3 Å². The molecule has 0 aliphatic carbocycles. The molecular formula is C20H24N2O4S. The van der Waals surface area contributed by atoms with E-state index in [9.17, 15) is 9.59 Å². The number of amides is 1. The normalized spacial score (nSPS) is 13.8. The molecule has 2 heterocycles. The first-order valence-electron chi connectivity index (χ1n) is 8.79. The zero-order chi connectivity index (χ0) is 19.6. The van der Waals surface area contributed by atoms with Crippen molar-refractivity contribution < 1.29 is 19.1 Å². The Kier molecular flexibility index (Phi) is 5.82. The molecule has 6 nitrogen and oxygen atoms in total. The fourth-order valence-corrected chi connectivity index (χ4v) is 4.35. The number of rotatable bonds is 5. The van der Waals surface area contributed by atoms with Crippen molar-refractivity contribution >= 4 is 28.2 Å². The lowest BCUT2D eigenvalue weighted by Gasteiger charge is -2.28. The van der Waals surface area contributed by atoms with Gasteiger partial charge in [0.2, 0.25) is 5.91 Å². The van der Waals surface area contributed by atoms with Crippen LogP contribution in [0.25, 0.3) is 0 Å². The zero-order valence-electron chi connectivity index (χ0n) is 16.0. The number of carbonyl (C=O) groups excluding carboxylic acids is 2. The predicted octanol–water partition coefficient (Wildman–Crippen LogP) is 3.16. The first-order valence-corrected chi connectivity index (χ1v) is 9.61. The van der Waals surface area contributed by atoms with Crippen LogP contribution in [0, 0.1) is 13.8 Å². The number of benzene rings is 1. The summed E-state index contributed by atoms with van der Waals surface area (Å²) in [6.07, 6.45) is 0.900. The Bertz CT molecular complexity index is 875. The van der Waals surface area contributed by atoms with Gasteiger partial charge < -0.3 is 14.8 Å². The maximum Gasteiger partial charge on any atom is 0.341 e. The van der Waals surface area contributed by atoms with Crippen molar-refractivity contribution in [2.45, 2.75) is 26.8 Å². The molecule has 1 N–H and O–H groups in total. The molecule has 7 heteroatoms. The minimum atomic E-state index is -0.425. The summed E-state index contributed by atoms with van der Waals surface area (Å²) in [5.74, 6) is 0.270. The molecule has 0 spiro atoms. The van der Waals surface area contributed by atoms with Crippen LogP contribution in [0.3, 0.4) is 0 Å². The number of hydrogen-bond donors (Lipinski definition) is 1. The molecule has 1 amide bonds. The van der Waals surface area contributed by atoms with Crippen LogP contribution in [-0.2, 0) is 22.5 Å². The number of aryl methyl sites for hydroxylation is 1. The second-order valence-corrected chi connectivity index (χ2v) is 7.85. The number of hydrogen-bond acceptors (Lipinski definition) is 6. The van der Waals surface area contributed by atoms with Gasteiger partial charge >= 0.3 is 5.97 Å². The molecule has 0 atom stereocenters. The molecule has 0 bridgehead atoms. The largest absolute Gasteiger partial charge is 0.497 e. The first kappa shape index (κ1) is 19.4. The van der Waals surface area contributed by atoms with E-state index in [0.29, 0.717) is 17.1 Å². The molecule has 2 aromatic rings. The molecule has 1 aromatic heterocycles. The molecule has 0 saturated heterocycles. The van der Waals surface area contributed by atoms with Gasteiger partial charge in [0.1, 0.15) is 10.8 Å². The van der Waals surface area contributed by atoms with E-state index in [1.54, 1.807) is 7.11 Å². The number of methoxy groups -OCH3 is 2. The number of fused-ring (bicyclic) bond motifs is 1. The minimum absolute atomic E-state index is 0.132. The third-order valence-electron chi connectivity index (χ3n) is 4.90. The Morgan fingerprint density at radius 1 is 1.22 bits per heavy atom. The van der Waals surface area contributed by atoms with Gasteiger partial charge in [-0.2, -0.15) is 0 Å². The third kappa shape index (κ3) is 4.14. The standard InChI is InChI=1S/C20H24N2O4S/c1-12-13(2)27-19(18(12)20(24)26-4)21-17(23)11-22-8-7-14-5-6-16(25-3)9-15(14)10-22/h5-6,9H,7-8,10-11H2,1-4H3,(H,21,23). The van der Waals surface area contributed by atoms with E-state index in [-0.39, 0.29) is 12.5 Å². The van der Waals surface area contributed by atoms with Gasteiger partial charge in [-0.3, -0.25) is 9.69 Å². The first-order chi connectivity index (χ1) is 12.9. The van der Waals surface area contributed by atoms with Gasteiger partial charge in [0.15, 0.2) is 0 Å². The summed E-state index contributed by atoms with van der Waals surface area (Å²) >= 11 is 1.40. The third-order valence-corrected chi connectivity index (χ3v) is 6.02. The summed E-state index contributed by atoms with van der Waals surface area (Å²) in [6, 6.07) is 6.09. The molecular weight excluding hydrogens is 364 g/mol. The summed E-state index contributed by atoms with van der Waals surface area (Å²) < 4.78 is 10.2. The lowest BCUT2D eigenvalue weighted by atomic mass is 9.99.